The van der Waals surface area contributed by atoms with Gasteiger partial charge in [-0.3, -0.25) is 19.1 Å². The maximum Gasteiger partial charge on any atom is 0.268 e. The fraction of sp³-hybridized carbons (Fsp3) is 0.154. The van der Waals surface area contributed by atoms with E-state index in [0.29, 0.717) is 5.69 Å². The minimum atomic E-state index is -0.723. The zero-order chi connectivity index (χ0) is 13.3. The molecule has 0 saturated carbocycles. The van der Waals surface area contributed by atoms with Gasteiger partial charge in [-0.25, -0.2) is 0 Å². The minimum Gasteiger partial charge on any atom is -0.365 e. The Hall–Kier alpha value is -2.43. The lowest BCUT2D eigenvalue weighted by Gasteiger charge is -2.11. The van der Waals surface area contributed by atoms with E-state index >= 15 is 0 Å². The predicted molar refractivity (Wildman–Crippen MR) is 67.8 cm³/mol. The van der Waals surface area contributed by atoms with Crippen LogP contribution in [0.5, 0.6) is 0 Å². The number of pyridine rings is 2. The van der Waals surface area contributed by atoms with Gasteiger partial charge in [0.15, 0.2) is 0 Å². The summed E-state index contributed by atoms with van der Waals surface area (Å²) >= 11 is 0. The molecule has 5 heteroatoms. The van der Waals surface area contributed by atoms with Crippen LogP contribution in [0.3, 0.4) is 0 Å². The molecule has 2 N–H and O–H groups in total. The Morgan fingerprint density at radius 2 is 2.00 bits per heavy atom. The second-order valence-electron chi connectivity index (χ2n) is 4.05. The van der Waals surface area contributed by atoms with Gasteiger partial charge in [0.2, 0.25) is 0 Å². The number of aryl methyl sites for hydroxylation is 2. The van der Waals surface area contributed by atoms with Crippen LogP contribution in [0.4, 0.5) is 0 Å². The number of aromatic nitrogens is 2. The monoisotopic (exact) mass is 243 g/mol. The third-order valence-electron chi connectivity index (χ3n) is 2.68. The van der Waals surface area contributed by atoms with Crippen molar-refractivity contribution in [3.8, 4) is 5.69 Å². The van der Waals surface area contributed by atoms with E-state index in [0.717, 1.165) is 11.4 Å². The third kappa shape index (κ3) is 2.02. The summed E-state index contributed by atoms with van der Waals surface area (Å²) in [6.45, 7) is 3.63. The number of carbonyl (C=O) groups is 1. The minimum absolute atomic E-state index is 0.0185. The van der Waals surface area contributed by atoms with E-state index in [1.807, 2.05) is 6.92 Å². The third-order valence-corrected chi connectivity index (χ3v) is 2.68. The molecular formula is C13H13N3O2. The Balaban J connectivity index is 2.75. The van der Waals surface area contributed by atoms with Crippen LogP contribution in [0.2, 0.25) is 0 Å². The van der Waals surface area contributed by atoms with E-state index in [2.05, 4.69) is 4.98 Å². The summed E-state index contributed by atoms with van der Waals surface area (Å²) in [6, 6.07) is 6.63. The molecule has 0 aliphatic heterocycles. The molecule has 2 rings (SSSR count). The van der Waals surface area contributed by atoms with Gasteiger partial charge >= 0.3 is 0 Å². The van der Waals surface area contributed by atoms with E-state index in [-0.39, 0.29) is 5.56 Å². The standard InChI is InChI=1S/C13H13N3O2/c1-8-7-10(5-6-15-8)16-9(2)3-4-11(12(14)17)13(16)18/h3-7H,1-2H3,(H2,14,17). The van der Waals surface area contributed by atoms with Gasteiger partial charge in [0.05, 0.1) is 5.69 Å². The maximum absolute atomic E-state index is 12.2. The van der Waals surface area contributed by atoms with Gasteiger partial charge in [0.25, 0.3) is 11.5 Å². The Bertz CT molecular complexity index is 674. The first-order valence-electron chi connectivity index (χ1n) is 5.46. The van der Waals surface area contributed by atoms with Crippen LogP contribution in [0.25, 0.3) is 5.69 Å². The van der Waals surface area contributed by atoms with Gasteiger partial charge in [0, 0.05) is 17.6 Å². The van der Waals surface area contributed by atoms with Crippen molar-refractivity contribution in [1.82, 2.24) is 9.55 Å². The van der Waals surface area contributed by atoms with Gasteiger partial charge in [-0.15, -0.1) is 0 Å². The summed E-state index contributed by atoms with van der Waals surface area (Å²) in [5.41, 5.74) is 6.95. The fourth-order valence-corrected chi connectivity index (χ4v) is 1.81. The number of hydrogen-bond donors (Lipinski definition) is 1. The number of nitrogens with zero attached hydrogens (tertiary/aromatic N) is 2. The van der Waals surface area contributed by atoms with Gasteiger partial charge in [-0.1, -0.05) is 0 Å². The van der Waals surface area contributed by atoms with Gasteiger partial charge in [-0.2, -0.15) is 0 Å². The molecule has 0 unspecified atom stereocenters. The molecule has 0 saturated heterocycles. The number of carbonyl (C=O) groups excluding carboxylic acids is 1. The van der Waals surface area contributed by atoms with Crippen molar-refractivity contribution in [2.75, 3.05) is 0 Å². The smallest absolute Gasteiger partial charge is 0.268 e. The number of primary amides is 1. The first-order chi connectivity index (χ1) is 8.50. The van der Waals surface area contributed by atoms with Crippen molar-refractivity contribution < 1.29 is 4.79 Å². The topological polar surface area (TPSA) is 78.0 Å². The highest BCUT2D eigenvalue weighted by atomic mass is 16.2. The largest absolute Gasteiger partial charge is 0.365 e. The van der Waals surface area contributed by atoms with E-state index in [9.17, 15) is 9.59 Å². The molecule has 0 aliphatic rings. The molecule has 1 amide bonds. The van der Waals surface area contributed by atoms with Crippen molar-refractivity contribution >= 4 is 5.91 Å². The van der Waals surface area contributed by atoms with Crippen LogP contribution < -0.4 is 11.3 Å². The van der Waals surface area contributed by atoms with E-state index < -0.39 is 11.5 Å². The first-order valence-corrected chi connectivity index (χ1v) is 5.46. The molecule has 0 aliphatic carbocycles. The van der Waals surface area contributed by atoms with Crippen LogP contribution in [0.1, 0.15) is 21.7 Å². The molecule has 0 radical (unpaired) electrons. The lowest BCUT2D eigenvalue weighted by atomic mass is 10.2. The van der Waals surface area contributed by atoms with E-state index in [1.54, 1.807) is 31.3 Å². The highest BCUT2D eigenvalue weighted by Crippen LogP contribution is 2.09. The average Bonchev–Trinajstić information content (AvgIpc) is 2.28. The van der Waals surface area contributed by atoms with Gasteiger partial charge in [0.1, 0.15) is 5.56 Å². The molecular weight excluding hydrogens is 230 g/mol. The molecule has 0 atom stereocenters. The number of nitrogens with two attached hydrogens (primary N) is 1. The second kappa shape index (κ2) is 4.44. The van der Waals surface area contributed by atoms with Crippen molar-refractivity contribution in [1.29, 1.82) is 0 Å². The Morgan fingerprint density at radius 3 is 2.61 bits per heavy atom. The van der Waals surface area contributed by atoms with Crippen LogP contribution in [0.15, 0.2) is 35.3 Å². The second-order valence-corrected chi connectivity index (χ2v) is 4.05. The van der Waals surface area contributed by atoms with E-state index in [4.69, 9.17) is 5.73 Å². The first kappa shape index (κ1) is 12.0. The summed E-state index contributed by atoms with van der Waals surface area (Å²) in [5, 5.41) is 0. The predicted octanol–water partition coefficient (Wildman–Crippen LogP) is 0.948. The molecule has 2 aromatic rings. The maximum atomic E-state index is 12.2. The molecule has 18 heavy (non-hydrogen) atoms. The molecule has 0 bridgehead atoms. The summed E-state index contributed by atoms with van der Waals surface area (Å²) in [4.78, 5) is 27.4. The summed E-state index contributed by atoms with van der Waals surface area (Å²) in [7, 11) is 0. The van der Waals surface area contributed by atoms with Crippen molar-refractivity contribution in [3.05, 3.63) is 57.8 Å². The SMILES string of the molecule is Cc1cc(-n2c(C)ccc(C(N)=O)c2=O)ccn1. The molecule has 92 valence electrons. The summed E-state index contributed by atoms with van der Waals surface area (Å²) in [6.07, 6.45) is 1.62. The molecule has 0 fully saturated rings. The molecule has 0 aromatic carbocycles. The lowest BCUT2D eigenvalue weighted by molar-refractivity contribution is 0.0998. The van der Waals surface area contributed by atoms with Gasteiger partial charge < -0.3 is 5.73 Å². The summed E-state index contributed by atoms with van der Waals surface area (Å²) < 4.78 is 1.45. The summed E-state index contributed by atoms with van der Waals surface area (Å²) in [5.74, 6) is -0.723. The zero-order valence-corrected chi connectivity index (χ0v) is 10.2. The Labute approximate surface area is 104 Å². The lowest BCUT2D eigenvalue weighted by Crippen LogP contribution is -2.29. The number of amides is 1. The van der Waals surface area contributed by atoms with E-state index in [1.165, 1.54) is 10.6 Å². The normalized spacial score (nSPS) is 10.3. The van der Waals surface area contributed by atoms with Crippen LogP contribution in [0, 0.1) is 13.8 Å². The molecule has 2 heterocycles. The van der Waals surface area contributed by atoms with Crippen LogP contribution in [-0.2, 0) is 0 Å². The average molecular weight is 243 g/mol. The fourth-order valence-electron chi connectivity index (χ4n) is 1.81. The van der Waals surface area contributed by atoms with Crippen LogP contribution >= 0.6 is 0 Å². The Kier molecular flexibility index (Phi) is 2.97. The zero-order valence-electron chi connectivity index (χ0n) is 10.2. The molecule has 0 spiro atoms. The highest BCUT2D eigenvalue weighted by molar-refractivity contribution is 5.92. The molecule has 2 aromatic heterocycles. The van der Waals surface area contributed by atoms with Crippen LogP contribution in [-0.4, -0.2) is 15.5 Å². The van der Waals surface area contributed by atoms with Crippen molar-refractivity contribution in [3.63, 3.8) is 0 Å². The molecule has 5 nitrogen and oxygen atoms in total. The number of rotatable bonds is 2. The highest BCUT2D eigenvalue weighted by Gasteiger charge is 2.12. The quantitative estimate of drug-likeness (QED) is 0.852. The Morgan fingerprint density at radius 1 is 1.28 bits per heavy atom. The number of hydrogen-bond acceptors (Lipinski definition) is 3. The van der Waals surface area contributed by atoms with Crippen molar-refractivity contribution in [2.24, 2.45) is 5.73 Å². The van der Waals surface area contributed by atoms with Crippen molar-refractivity contribution in [2.45, 2.75) is 13.8 Å². The van der Waals surface area contributed by atoms with Gasteiger partial charge in [-0.05, 0) is 38.1 Å².